The molecule has 6 aliphatic rings. The van der Waals surface area contributed by atoms with Crippen molar-refractivity contribution in [3.63, 3.8) is 0 Å². The first kappa shape index (κ1) is 34.2. The number of imide groups is 1. The van der Waals surface area contributed by atoms with Crippen LogP contribution >= 0.6 is 0 Å². The number of likely N-dealkylation sites (tertiary alicyclic amines) is 1. The van der Waals surface area contributed by atoms with Crippen molar-refractivity contribution in [3.05, 3.63) is 70.7 Å². The summed E-state index contributed by atoms with van der Waals surface area (Å²) < 4.78 is 27.9. The Labute approximate surface area is 297 Å². The van der Waals surface area contributed by atoms with Crippen LogP contribution in [0.5, 0.6) is 5.75 Å². The van der Waals surface area contributed by atoms with Crippen molar-refractivity contribution in [2.24, 2.45) is 11.3 Å². The van der Waals surface area contributed by atoms with E-state index in [1.54, 1.807) is 25.3 Å². The fourth-order valence-corrected chi connectivity index (χ4v) is 9.75. The van der Waals surface area contributed by atoms with Gasteiger partial charge in [-0.3, -0.25) is 24.6 Å². The van der Waals surface area contributed by atoms with Crippen LogP contribution < -0.4 is 10.1 Å². The van der Waals surface area contributed by atoms with Crippen molar-refractivity contribution in [1.29, 1.82) is 0 Å². The molecule has 270 valence electrons. The van der Waals surface area contributed by atoms with E-state index in [1.165, 1.54) is 4.90 Å². The Kier molecular flexibility index (Phi) is 8.46. The van der Waals surface area contributed by atoms with Crippen LogP contribution in [0.25, 0.3) is 10.9 Å². The first-order valence-corrected chi connectivity index (χ1v) is 18.3. The fraction of sp³-hybridized carbons (Fsp3) is 0.550. The molecular formula is C40H47FN4O6. The van der Waals surface area contributed by atoms with Gasteiger partial charge >= 0.3 is 0 Å². The summed E-state index contributed by atoms with van der Waals surface area (Å²) in [4.78, 5) is 46.0. The first-order valence-electron chi connectivity index (χ1n) is 18.3. The molecule has 3 amide bonds. The number of carbonyl (C=O) groups is 3. The van der Waals surface area contributed by atoms with Gasteiger partial charge in [-0.15, -0.1) is 0 Å². The lowest BCUT2D eigenvalue weighted by molar-refractivity contribution is -0.136. The number of hydrogen-bond donors (Lipinski definition) is 2. The highest BCUT2D eigenvalue weighted by atomic mass is 19.1. The number of aliphatic hydroxyl groups is 1. The maximum atomic E-state index is 15.8. The van der Waals surface area contributed by atoms with Gasteiger partial charge in [0.1, 0.15) is 29.2 Å². The molecular weight excluding hydrogens is 651 g/mol. The zero-order valence-electron chi connectivity index (χ0n) is 29.7. The average Bonchev–Trinajstić information content (AvgIpc) is 3.63. The Morgan fingerprint density at radius 1 is 1.02 bits per heavy atom. The van der Waals surface area contributed by atoms with Gasteiger partial charge in [-0.05, 0) is 112 Å². The topological polar surface area (TPSA) is 121 Å². The molecule has 2 bridgehead atoms. The van der Waals surface area contributed by atoms with Crippen LogP contribution in [-0.4, -0.2) is 82.2 Å². The number of halogens is 1. The van der Waals surface area contributed by atoms with Gasteiger partial charge in [-0.2, -0.15) is 0 Å². The lowest BCUT2D eigenvalue weighted by atomic mass is 9.49. The van der Waals surface area contributed by atoms with E-state index in [9.17, 15) is 19.5 Å². The second-order valence-corrected chi connectivity index (χ2v) is 16.3. The number of nitrogens with zero attached hydrogens (tertiary/aromatic N) is 3. The van der Waals surface area contributed by atoms with Crippen LogP contribution in [0.2, 0.25) is 0 Å². The van der Waals surface area contributed by atoms with E-state index in [0.717, 1.165) is 67.3 Å². The van der Waals surface area contributed by atoms with E-state index in [-0.39, 0.29) is 53.4 Å². The Balaban J connectivity index is 0.943. The van der Waals surface area contributed by atoms with E-state index >= 15 is 4.39 Å². The number of piperidine rings is 1. The van der Waals surface area contributed by atoms with Crippen molar-refractivity contribution < 1.29 is 33.4 Å². The average molecular weight is 699 g/mol. The third-order valence-corrected chi connectivity index (χ3v) is 12.9. The van der Waals surface area contributed by atoms with Crippen molar-refractivity contribution in [1.82, 2.24) is 20.1 Å². The van der Waals surface area contributed by atoms with Crippen LogP contribution in [0.15, 0.2) is 42.5 Å². The summed E-state index contributed by atoms with van der Waals surface area (Å²) >= 11 is 0. The number of rotatable bonds is 9. The third kappa shape index (κ3) is 6.00. The molecule has 3 aliphatic heterocycles. The van der Waals surface area contributed by atoms with Gasteiger partial charge in [-0.1, -0.05) is 6.07 Å². The summed E-state index contributed by atoms with van der Waals surface area (Å²) in [5.74, 6) is -0.549. The number of hydrogen-bond acceptors (Lipinski definition) is 8. The summed E-state index contributed by atoms with van der Waals surface area (Å²) in [5, 5.41) is 14.0. The Morgan fingerprint density at radius 3 is 2.49 bits per heavy atom. The van der Waals surface area contributed by atoms with Gasteiger partial charge in [0.2, 0.25) is 11.8 Å². The van der Waals surface area contributed by atoms with E-state index in [2.05, 4.69) is 16.3 Å². The van der Waals surface area contributed by atoms with Crippen LogP contribution in [-0.2, 0) is 32.8 Å². The van der Waals surface area contributed by atoms with Crippen molar-refractivity contribution in [2.45, 2.75) is 101 Å². The molecule has 0 unspecified atom stereocenters. The molecule has 0 radical (unpaired) electrons. The molecule has 2 aromatic carbocycles. The molecule has 3 atom stereocenters. The Bertz CT molecular complexity index is 1880. The molecule has 11 heteroatoms. The maximum Gasteiger partial charge on any atom is 0.255 e. The molecule has 2 N–H and O–H groups in total. The minimum Gasteiger partial charge on any atom is -0.489 e. The summed E-state index contributed by atoms with van der Waals surface area (Å²) in [6.45, 7) is 6.57. The molecule has 4 heterocycles. The number of ether oxygens (including phenoxy) is 2. The van der Waals surface area contributed by atoms with E-state index in [0.29, 0.717) is 42.9 Å². The van der Waals surface area contributed by atoms with Crippen LogP contribution in [0, 0.1) is 17.2 Å². The van der Waals surface area contributed by atoms with Gasteiger partial charge in [-0.25, -0.2) is 9.37 Å². The number of nitrogens with one attached hydrogen (secondary N) is 1. The molecule has 1 aromatic heterocycles. The second-order valence-electron chi connectivity index (χ2n) is 16.3. The molecule has 2 saturated heterocycles. The highest BCUT2D eigenvalue weighted by molar-refractivity contribution is 6.05. The summed E-state index contributed by atoms with van der Waals surface area (Å²) in [6.07, 6.45) is 6.17. The molecule has 3 saturated carbocycles. The summed E-state index contributed by atoms with van der Waals surface area (Å²) in [6, 6.07) is 12.5. The van der Waals surface area contributed by atoms with Crippen molar-refractivity contribution >= 4 is 28.6 Å². The number of pyridine rings is 1. The largest absolute Gasteiger partial charge is 0.489 e. The third-order valence-electron chi connectivity index (χ3n) is 12.9. The van der Waals surface area contributed by atoms with Crippen molar-refractivity contribution in [2.75, 3.05) is 26.8 Å². The van der Waals surface area contributed by atoms with Gasteiger partial charge in [0.15, 0.2) is 0 Å². The van der Waals surface area contributed by atoms with Gasteiger partial charge < -0.3 is 19.5 Å². The highest BCUT2D eigenvalue weighted by Gasteiger charge is 2.55. The number of aromatic nitrogens is 1. The SMILES string of the molecule is COC[C@@H]1CN(Cc2cc(F)c3nc(C45CCC(C(C)(C)O)(CC4)CC5)ccc3c2)C[C@H]1Oc1ccc2c(c1)CN([C@H]1CCC(=O)NC1=O)C2=O. The smallest absolute Gasteiger partial charge is 0.255 e. The predicted molar refractivity (Wildman–Crippen MR) is 187 cm³/mol. The van der Waals surface area contributed by atoms with E-state index in [1.807, 2.05) is 32.0 Å². The van der Waals surface area contributed by atoms with E-state index in [4.69, 9.17) is 14.5 Å². The summed E-state index contributed by atoms with van der Waals surface area (Å²) in [5.41, 5.74) is 2.83. The molecule has 0 spiro atoms. The van der Waals surface area contributed by atoms with Crippen LogP contribution in [0.4, 0.5) is 4.39 Å². The normalized spacial score (nSPS) is 29.5. The number of methoxy groups -OCH3 is 1. The molecule has 3 aliphatic carbocycles. The van der Waals surface area contributed by atoms with E-state index < -0.39 is 17.6 Å². The minimum absolute atomic E-state index is 0.0312. The Hall–Kier alpha value is -3.93. The van der Waals surface area contributed by atoms with Gasteiger partial charge in [0, 0.05) is 67.7 Å². The molecule has 3 aromatic rings. The highest BCUT2D eigenvalue weighted by Crippen LogP contribution is 2.61. The quantitative estimate of drug-likeness (QED) is 0.299. The number of benzene rings is 2. The second kappa shape index (κ2) is 12.6. The van der Waals surface area contributed by atoms with Crippen LogP contribution in [0.1, 0.15) is 92.4 Å². The number of carbonyl (C=O) groups excluding carboxylic acids is 3. The first-order chi connectivity index (χ1) is 24.4. The zero-order chi connectivity index (χ0) is 35.7. The van der Waals surface area contributed by atoms with Crippen molar-refractivity contribution in [3.8, 4) is 5.75 Å². The van der Waals surface area contributed by atoms with Crippen LogP contribution in [0.3, 0.4) is 0 Å². The van der Waals surface area contributed by atoms with Gasteiger partial charge in [0.25, 0.3) is 5.91 Å². The molecule has 9 rings (SSSR count). The number of fused-ring (bicyclic) bond motifs is 5. The lowest BCUT2D eigenvalue weighted by Gasteiger charge is -2.57. The molecule has 10 nitrogen and oxygen atoms in total. The molecule has 51 heavy (non-hydrogen) atoms. The standard InChI is InChI=1S/C40H47FN4O6/c1-38(2,49)40-13-10-39(11-14-40,12-15-40)33-8-4-25-16-24(17-30(41)35(25)42-33)19-44-20-27(23-50-3)32(22-44)51-28-5-6-29-26(18-28)21-45(37(29)48)31-7-9-34(46)43-36(31)47/h4-6,8,16-18,27,31-32,49H,7,9-15,19-23H2,1-3H3,(H,43,46,47)/t27-,31-,32+,39?,40?/m0/s1. The zero-order valence-corrected chi connectivity index (χ0v) is 29.7. The molecule has 5 fully saturated rings. The minimum atomic E-state index is -0.698. The van der Waals surface area contributed by atoms with Gasteiger partial charge in [0.05, 0.1) is 12.2 Å². The Morgan fingerprint density at radius 2 is 1.78 bits per heavy atom. The summed E-state index contributed by atoms with van der Waals surface area (Å²) in [7, 11) is 1.67. The fourth-order valence-electron chi connectivity index (χ4n) is 9.75. The maximum absolute atomic E-state index is 15.8. The predicted octanol–water partition coefficient (Wildman–Crippen LogP) is 5.02. The monoisotopic (exact) mass is 698 g/mol. The lowest BCUT2D eigenvalue weighted by Crippen LogP contribution is -2.54. The number of amides is 3.